The third kappa shape index (κ3) is 3.83. The largest absolute Gasteiger partial charge is 0.496 e. The fourth-order valence-electron chi connectivity index (χ4n) is 3.00. The van der Waals surface area contributed by atoms with Crippen molar-refractivity contribution < 1.29 is 19.4 Å². The monoisotopic (exact) mass is 414 g/mol. The highest BCUT2D eigenvalue weighted by Crippen LogP contribution is 2.39. The molecule has 0 unspecified atom stereocenters. The molecule has 0 bridgehead atoms. The first-order valence-electron chi connectivity index (χ1n) is 8.18. The average Bonchev–Trinajstić information content (AvgIpc) is 2.62. The molecule has 0 radical (unpaired) electrons. The van der Waals surface area contributed by atoms with Crippen molar-refractivity contribution in [2.45, 2.75) is 13.3 Å². The molecule has 0 heterocycles. The van der Waals surface area contributed by atoms with Gasteiger partial charge in [-0.15, -0.1) is 0 Å². The highest BCUT2D eigenvalue weighted by Gasteiger charge is 2.15. The summed E-state index contributed by atoms with van der Waals surface area (Å²) in [6.07, 6.45) is 0.772. The van der Waals surface area contributed by atoms with E-state index in [-0.39, 0.29) is 6.61 Å². The van der Waals surface area contributed by atoms with Crippen LogP contribution in [0.5, 0.6) is 11.5 Å². The minimum Gasteiger partial charge on any atom is -0.496 e. The zero-order valence-electron chi connectivity index (χ0n) is 14.6. The third-order valence-corrected chi connectivity index (χ3v) is 4.98. The van der Waals surface area contributed by atoms with Gasteiger partial charge in [0.25, 0.3) is 0 Å². The highest BCUT2D eigenvalue weighted by molar-refractivity contribution is 9.10. The van der Waals surface area contributed by atoms with E-state index >= 15 is 0 Å². The minimum atomic E-state index is -1.01. The Morgan fingerprint density at radius 2 is 1.88 bits per heavy atom. The second-order valence-electron chi connectivity index (χ2n) is 6.07. The van der Waals surface area contributed by atoms with Crippen LogP contribution < -0.4 is 9.47 Å². The summed E-state index contributed by atoms with van der Waals surface area (Å²) in [5.41, 5.74) is 3.18. The molecular formula is C21H19BrO4. The Morgan fingerprint density at radius 3 is 2.54 bits per heavy atom. The second kappa shape index (κ2) is 7.79. The molecule has 3 aromatic carbocycles. The summed E-state index contributed by atoms with van der Waals surface area (Å²) >= 11 is 3.56. The molecule has 134 valence electrons. The van der Waals surface area contributed by atoms with Gasteiger partial charge in [-0.25, -0.2) is 4.79 Å². The van der Waals surface area contributed by atoms with Gasteiger partial charge in [-0.3, -0.25) is 0 Å². The van der Waals surface area contributed by atoms with Gasteiger partial charge in [-0.05, 0) is 63.1 Å². The SMILES string of the molecule is COc1cc2c(Br)c(OCC(=O)O)c(C)cc2cc1Cc1ccccc1. The zero-order valence-corrected chi connectivity index (χ0v) is 16.2. The summed E-state index contributed by atoms with van der Waals surface area (Å²) < 4.78 is 11.8. The zero-order chi connectivity index (χ0) is 18.7. The van der Waals surface area contributed by atoms with Gasteiger partial charge in [0, 0.05) is 11.8 Å². The van der Waals surface area contributed by atoms with Crippen LogP contribution in [0.3, 0.4) is 0 Å². The Kier molecular flexibility index (Phi) is 5.47. The Hall–Kier alpha value is -2.53. The average molecular weight is 415 g/mol. The molecular weight excluding hydrogens is 396 g/mol. The van der Waals surface area contributed by atoms with Crippen LogP contribution in [0.25, 0.3) is 10.8 Å². The van der Waals surface area contributed by atoms with E-state index in [4.69, 9.17) is 14.6 Å². The van der Waals surface area contributed by atoms with Gasteiger partial charge < -0.3 is 14.6 Å². The number of carboxylic acids is 1. The molecule has 0 aliphatic rings. The fourth-order valence-corrected chi connectivity index (χ4v) is 3.77. The summed E-state index contributed by atoms with van der Waals surface area (Å²) in [4.78, 5) is 10.8. The van der Waals surface area contributed by atoms with E-state index < -0.39 is 5.97 Å². The predicted molar refractivity (Wildman–Crippen MR) is 105 cm³/mol. The van der Waals surface area contributed by atoms with Gasteiger partial charge >= 0.3 is 5.97 Å². The third-order valence-electron chi connectivity index (χ3n) is 4.20. The molecule has 0 spiro atoms. The number of methoxy groups -OCH3 is 1. The first kappa shape index (κ1) is 18.3. The van der Waals surface area contributed by atoms with E-state index in [9.17, 15) is 4.79 Å². The van der Waals surface area contributed by atoms with Crippen molar-refractivity contribution in [2.75, 3.05) is 13.7 Å². The predicted octanol–water partition coefficient (Wildman–Crippen LogP) is 4.97. The van der Waals surface area contributed by atoms with E-state index in [1.165, 1.54) is 5.56 Å². The van der Waals surface area contributed by atoms with Gasteiger partial charge in [0.05, 0.1) is 11.6 Å². The van der Waals surface area contributed by atoms with E-state index in [0.717, 1.165) is 38.5 Å². The lowest BCUT2D eigenvalue weighted by Crippen LogP contribution is -2.10. The Balaban J connectivity index is 2.07. The lowest BCUT2D eigenvalue weighted by molar-refractivity contribution is -0.139. The van der Waals surface area contributed by atoms with Gasteiger partial charge in [-0.1, -0.05) is 30.3 Å². The van der Waals surface area contributed by atoms with Crippen LogP contribution >= 0.6 is 15.9 Å². The molecule has 0 saturated carbocycles. The lowest BCUT2D eigenvalue weighted by atomic mass is 9.98. The van der Waals surface area contributed by atoms with Crippen molar-refractivity contribution in [3.8, 4) is 11.5 Å². The van der Waals surface area contributed by atoms with E-state index in [0.29, 0.717) is 5.75 Å². The molecule has 1 N–H and O–H groups in total. The number of fused-ring (bicyclic) bond motifs is 1. The normalized spacial score (nSPS) is 10.7. The van der Waals surface area contributed by atoms with Gasteiger partial charge in [-0.2, -0.15) is 0 Å². The summed E-state index contributed by atoms with van der Waals surface area (Å²) in [5.74, 6) is 0.319. The van der Waals surface area contributed by atoms with Crippen molar-refractivity contribution in [3.05, 3.63) is 69.7 Å². The van der Waals surface area contributed by atoms with Gasteiger partial charge in [0.15, 0.2) is 6.61 Å². The number of aliphatic carboxylic acids is 1. The summed E-state index contributed by atoms with van der Waals surface area (Å²) in [7, 11) is 1.65. The fraction of sp³-hybridized carbons (Fsp3) is 0.190. The summed E-state index contributed by atoms with van der Waals surface area (Å²) in [6, 6.07) is 16.3. The van der Waals surface area contributed by atoms with Crippen molar-refractivity contribution in [3.63, 3.8) is 0 Å². The van der Waals surface area contributed by atoms with E-state index in [2.05, 4.69) is 34.1 Å². The summed E-state index contributed by atoms with van der Waals surface area (Å²) in [5, 5.41) is 10.8. The molecule has 26 heavy (non-hydrogen) atoms. The molecule has 0 aromatic heterocycles. The first-order valence-corrected chi connectivity index (χ1v) is 8.97. The molecule has 0 aliphatic carbocycles. The van der Waals surface area contributed by atoms with Crippen LogP contribution in [-0.2, 0) is 11.2 Å². The smallest absolute Gasteiger partial charge is 0.341 e. The number of carboxylic acid groups (broad SMARTS) is 1. The maximum Gasteiger partial charge on any atom is 0.341 e. The molecule has 0 amide bonds. The maximum atomic E-state index is 10.8. The van der Waals surface area contributed by atoms with Crippen LogP contribution in [0.1, 0.15) is 16.7 Å². The molecule has 0 atom stereocenters. The van der Waals surface area contributed by atoms with E-state index in [1.807, 2.05) is 37.3 Å². The van der Waals surface area contributed by atoms with Crippen LogP contribution in [0.2, 0.25) is 0 Å². The molecule has 0 aliphatic heterocycles. The Morgan fingerprint density at radius 1 is 1.15 bits per heavy atom. The summed E-state index contributed by atoms with van der Waals surface area (Å²) in [6.45, 7) is 1.52. The van der Waals surface area contributed by atoms with Gasteiger partial charge in [0.1, 0.15) is 11.5 Å². The number of carbonyl (C=O) groups is 1. The molecule has 5 heteroatoms. The van der Waals surface area contributed by atoms with Gasteiger partial charge in [0.2, 0.25) is 0 Å². The number of rotatable bonds is 6. The van der Waals surface area contributed by atoms with E-state index in [1.54, 1.807) is 7.11 Å². The van der Waals surface area contributed by atoms with Crippen LogP contribution in [0.4, 0.5) is 0 Å². The van der Waals surface area contributed by atoms with Crippen molar-refractivity contribution in [1.82, 2.24) is 0 Å². The maximum absolute atomic E-state index is 10.8. The minimum absolute atomic E-state index is 0.381. The lowest BCUT2D eigenvalue weighted by Gasteiger charge is -2.15. The molecule has 4 nitrogen and oxygen atoms in total. The van der Waals surface area contributed by atoms with Crippen LogP contribution in [0, 0.1) is 6.92 Å². The number of halogens is 1. The number of benzene rings is 3. The number of hydrogen-bond donors (Lipinski definition) is 1. The Labute approximate surface area is 160 Å². The standard InChI is InChI=1S/C21H19BrO4/c1-13-8-15-10-16(9-14-6-4-3-5-7-14)18(25-2)11-17(15)20(22)21(13)26-12-19(23)24/h3-8,10-11H,9,12H2,1-2H3,(H,23,24). The second-order valence-corrected chi connectivity index (χ2v) is 6.86. The van der Waals surface area contributed by atoms with Crippen LogP contribution in [-0.4, -0.2) is 24.8 Å². The van der Waals surface area contributed by atoms with Crippen molar-refractivity contribution in [2.24, 2.45) is 0 Å². The number of hydrogen-bond acceptors (Lipinski definition) is 3. The molecule has 0 saturated heterocycles. The number of ether oxygens (including phenoxy) is 2. The first-order chi connectivity index (χ1) is 12.5. The molecule has 3 rings (SSSR count). The Bertz CT molecular complexity index is 951. The number of aryl methyl sites for hydroxylation is 1. The van der Waals surface area contributed by atoms with Crippen molar-refractivity contribution >= 4 is 32.7 Å². The highest BCUT2D eigenvalue weighted by atomic mass is 79.9. The molecule has 0 fully saturated rings. The van der Waals surface area contributed by atoms with Crippen molar-refractivity contribution in [1.29, 1.82) is 0 Å². The van der Waals surface area contributed by atoms with Crippen LogP contribution in [0.15, 0.2) is 53.0 Å². The molecule has 3 aromatic rings. The quantitative estimate of drug-likeness (QED) is 0.618. The topological polar surface area (TPSA) is 55.8 Å².